The first-order valence-corrected chi connectivity index (χ1v) is 16.9. The molecule has 48 heavy (non-hydrogen) atoms. The monoisotopic (exact) mass is 692 g/mol. The van der Waals surface area contributed by atoms with E-state index in [1.165, 1.54) is 18.2 Å². The fraction of sp³-hybridized carbons (Fsp3) is 0.424. The van der Waals surface area contributed by atoms with Crippen molar-refractivity contribution in [3.05, 3.63) is 40.4 Å². The number of carbonyl (C=O) groups excluding carboxylic acids is 1. The van der Waals surface area contributed by atoms with Crippen molar-refractivity contribution < 1.29 is 23.0 Å². The summed E-state index contributed by atoms with van der Waals surface area (Å²) in [5, 5.41) is 19.7. The Morgan fingerprint density at radius 2 is 1.96 bits per heavy atom. The molecule has 2 N–H and O–H groups in total. The van der Waals surface area contributed by atoms with Gasteiger partial charge in [-0.25, -0.2) is 13.6 Å². The van der Waals surface area contributed by atoms with Gasteiger partial charge in [0.2, 0.25) is 5.88 Å². The molecular formula is C33H31ClF2N8O3S. The highest BCUT2D eigenvalue weighted by Crippen LogP contribution is 2.46. The standard InChI is InChI=1S/C33H31ClF2N8O3S/c1-16(24-6-4-9-42(24)2)46-32-40-28-20(31(41-32)47-18-14-43(15-18)33(45)44-10-3-5-17(44)12-37)11-22(34)26(27(28)36)19-7-8-23(35)29-25(19)21(13-38)30(39)48-29/h7-8,11,16-18,24H,3-6,9-10,14-15,39H2,1-2H3/t16-,17-,24-/m0/s1. The highest BCUT2D eigenvalue weighted by molar-refractivity contribution is 7.23. The molecule has 3 atom stereocenters. The number of nitrogen functional groups attached to an aromatic ring is 1. The van der Waals surface area contributed by atoms with Gasteiger partial charge in [0.1, 0.15) is 40.7 Å². The normalized spacial score (nSPS) is 20.6. The van der Waals surface area contributed by atoms with Crippen molar-refractivity contribution in [2.24, 2.45) is 0 Å². The van der Waals surface area contributed by atoms with Crippen LogP contribution in [0.3, 0.4) is 0 Å². The van der Waals surface area contributed by atoms with Crippen LogP contribution in [0.5, 0.6) is 11.9 Å². The number of nitriles is 2. The van der Waals surface area contributed by atoms with Gasteiger partial charge in [-0.1, -0.05) is 17.7 Å². The number of urea groups is 1. The number of nitrogens with two attached hydrogens (primary N) is 1. The van der Waals surface area contributed by atoms with Crippen molar-refractivity contribution in [3.8, 4) is 35.2 Å². The van der Waals surface area contributed by atoms with Gasteiger partial charge in [0.05, 0.1) is 39.8 Å². The molecule has 3 aliphatic rings. The molecule has 3 saturated heterocycles. The van der Waals surface area contributed by atoms with Crippen molar-refractivity contribution >= 4 is 55.0 Å². The van der Waals surface area contributed by atoms with Crippen LogP contribution in [0.4, 0.5) is 18.6 Å². The van der Waals surface area contributed by atoms with Crippen LogP contribution in [0.2, 0.25) is 5.02 Å². The lowest BCUT2D eigenvalue weighted by molar-refractivity contribution is 0.0287. The van der Waals surface area contributed by atoms with Gasteiger partial charge in [0, 0.05) is 23.5 Å². The van der Waals surface area contributed by atoms with Crippen LogP contribution in [-0.2, 0) is 0 Å². The van der Waals surface area contributed by atoms with Crippen LogP contribution in [0.25, 0.3) is 32.1 Å². The van der Waals surface area contributed by atoms with Crippen LogP contribution in [0.1, 0.15) is 38.2 Å². The molecule has 2 amide bonds. The summed E-state index contributed by atoms with van der Waals surface area (Å²) in [7, 11) is 2.02. The first-order valence-electron chi connectivity index (χ1n) is 15.7. The number of amides is 2. The summed E-state index contributed by atoms with van der Waals surface area (Å²) in [5.41, 5.74) is 6.04. The van der Waals surface area contributed by atoms with Crippen LogP contribution >= 0.6 is 22.9 Å². The Kier molecular flexibility index (Phi) is 8.36. The van der Waals surface area contributed by atoms with E-state index in [1.54, 1.807) is 9.80 Å². The van der Waals surface area contributed by atoms with Crippen LogP contribution in [0, 0.1) is 34.3 Å². The Morgan fingerprint density at radius 1 is 1.19 bits per heavy atom. The molecule has 248 valence electrons. The molecule has 0 radical (unpaired) electrons. The highest BCUT2D eigenvalue weighted by Gasteiger charge is 2.39. The van der Waals surface area contributed by atoms with E-state index in [4.69, 9.17) is 26.8 Å². The molecule has 7 rings (SSSR count). The molecule has 0 aliphatic carbocycles. The Balaban J connectivity index is 1.28. The third-order valence-corrected chi connectivity index (χ3v) is 10.8. The number of hydrogen-bond donors (Lipinski definition) is 1. The zero-order chi connectivity index (χ0) is 33.9. The minimum Gasteiger partial charge on any atom is -0.470 e. The quantitative estimate of drug-likeness (QED) is 0.260. The van der Waals surface area contributed by atoms with E-state index in [-0.39, 0.29) is 90.9 Å². The third-order valence-electron chi connectivity index (χ3n) is 9.48. The zero-order valence-corrected chi connectivity index (χ0v) is 27.7. The summed E-state index contributed by atoms with van der Waals surface area (Å²) in [6, 6.07) is 7.56. The number of benzene rings is 2. The number of likely N-dealkylation sites (tertiary alicyclic amines) is 3. The van der Waals surface area contributed by atoms with E-state index in [2.05, 4.69) is 20.9 Å². The van der Waals surface area contributed by atoms with E-state index in [0.717, 1.165) is 37.1 Å². The first kappa shape index (κ1) is 32.1. The minimum absolute atomic E-state index is 0.0317. The fourth-order valence-corrected chi connectivity index (χ4v) is 8.20. The molecular weight excluding hydrogens is 662 g/mol. The molecule has 3 fully saturated rings. The Hall–Kier alpha value is -4.50. The molecule has 3 aliphatic heterocycles. The maximum atomic E-state index is 16.8. The van der Waals surface area contributed by atoms with Crippen molar-refractivity contribution in [2.75, 3.05) is 39.0 Å². The molecule has 0 bridgehead atoms. The SMILES string of the molecule is C[C@H](Oc1nc(OC2CN(C(=O)N3CCC[C@H]3C#N)C2)c2cc(Cl)c(-c3ccc(F)c4sc(N)c(C#N)c34)c(F)c2n1)[C@@H]1CCCN1C. The Bertz CT molecular complexity index is 2040. The molecule has 0 spiro atoms. The highest BCUT2D eigenvalue weighted by atomic mass is 35.5. The van der Waals surface area contributed by atoms with Crippen molar-refractivity contribution in [1.29, 1.82) is 10.5 Å². The van der Waals surface area contributed by atoms with Crippen LogP contribution in [0.15, 0.2) is 18.2 Å². The molecule has 0 saturated carbocycles. The lowest BCUT2D eigenvalue weighted by Crippen LogP contribution is -2.60. The molecule has 11 nitrogen and oxygen atoms in total. The maximum absolute atomic E-state index is 16.8. The average Bonchev–Trinajstić information content (AvgIpc) is 3.78. The number of carbonyl (C=O) groups is 1. The van der Waals surface area contributed by atoms with E-state index in [1.807, 2.05) is 20.0 Å². The van der Waals surface area contributed by atoms with Gasteiger partial charge in [0.25, 0.3) is 0 Å². The minimum atomic E-state index is -0.830. The fourth-order valence-electron chi connectivity index (χ4n) is 6.96. The predicted molar refractivity (Wildman–Crippen MR) is 177 cm³/mol. The zero-order valence-electron chi connectivity index (χ0n) is 26.2. The summed E-state index contributed by atoms with van der Waals surface area (Å²) in [6.45, 7) is 3.86. The number of anilines is 1. The third kappa shape index (κ3) is 5.38. The Labute approximate surface area is 284 Å². The van der Waals surface area contributed by atoms with E-state index in [0.29, 0.717) is 13.0 Å². The second-order valence-electron chi connectivity index (χ2n) is 12.4. The molecule has 0 unspecified atom stereocenters. The molecule has 4 aromatic rings. The van der Waals surface area contributed by atoms with Crippen LogP contribution < -0.4 is 15.2 Å². The largest absolute Gasteiger partial charge is 0.470 e. The number of ether oxygens (including phenoxy) is 2. The van der Waals surface area contributed by atoms with Crippen molar-refractivity contribution in [2.45, 2.75) is 56.9 Å². The van der Waals surface area contributed by atoms with Gasteiger partial charge in [-0.05, 0) is 63.9 Å². The first-order chi connectivity index (χ1) is 23.1. The summed E-state index contributed by atoms with van der Waals surface area (Å²) in [4.78, 5) is 27.4. The van der Waals surface area contributed by atoms with Gasteiger partial charge >= 0.3 is 12.0 Å². The molecule has 2 aromatic carbocycles. The van der Waals surface area contributed by atoms with Gasteiger partial charge in [-0.3, -0.25) is 4.90 Å². The lowest BCUT2D eigenvalue weighted by atomic mass is 9.97. The van der Waals surface area contributed by atoms with Crippen molar-refractivity contribution in [3.63, 3.8) is 0 Å². The molecule has 2 aromatic heterocycles. The predicted octanol–water partition coefficient (Wildman–Crippen LogP) is 5.93. The van der Waals surface area contributed by atoms with Crippen LogP contribution in [-0.4, -0.2) is 88.2 Å². The topological polar surface area (TPSA) is 145 Å². The number of hydrogen-bond acceptors (Lipinski definition) is 10. The van der Waals surface area contributed by atoms with Gasteiger partial charge in [-0.2, -0.15) is 20.5 Å². The second kappa shape index (κ2) is 12.5. The number of halogens is 3. The number of rotatable bonds is 6. The number of nitrogens with zero attached hydrogens (tertiary/aromatic N) is 7. The summed E-state index contributed by atoms with van der Waals surface area (Å²) < 4.78 is 44.2. The molecule has 5 heterocycles. The van der Waals surface area contributed by atoms with Gasteiger partial charge in [-0.15, -0.1) is 11.3 Å². The summed E-state index contributed by atoms with van der Waals surface area (Å²) in [6.07, 6.45) is 2.57. The van der Waals surface area contributed by atoms with E-state index in [9.17, 15) is 19.7 Å². The summed E-state index contributed by atoms with van der Waals surface area (Å²) in [5.74, 6) is -1.39. The number of aromatic nitrogens is 2. The number of fused-ring (bicyclic) bond motifs is 2. The number of likely N-dealkylation sites (N-methyl/N-ethyl adjacent to an activating group) is 1. The van der Waals surface area contributed by atoms with E-state index < -0.39 is 23.8 Å². The Morgan fingerprint density at radius 3 is 2.67 bits per heavy atom. The number of thiophene rings is 1. The maximum Gasteiger partial charge on any atom is 0.321 e. The second-order valence-corrected chi connectivity index (χ2v) is 13.9. The average molecular weight is 693 g/mol. The summed E-state index contributed by atoms with van der Waals surface area (Å²) >= 11 is 7.66. The lowest BCUT2D eigenvalue weighted by Gasteiger charge is -2.41. The molecule has 15 heteroatoms. The van der Waals surface area contributed by atoms with Crippen molar-refractivity contribution in [1.82, 2.24) is 24.7 Å². The van der Waals surface area contributed by atoms with E-state index >= 15 is 4.39 Å². The van der Waals surface area contributed by atoms with Gasteiger partial charge < -0.3 is 25.0 Å². The smallest absolute Gasteiger partial charge is 0.321 e. The van der Waals surface area contributed by atoms with Gasteiger partial charge in [0.15, 0.2) is 5.82 Å².